The fourth-order valence-electron chi connectivity index (χ4n) is 2.88. The Kier molecular flexibility index (Phi) is 6.30. The van der Waals surface area contributed by atoms with Crippen molar-refractivity contribution in [2.75, 3.05) is 12.3 Å². The molecule has 1 amide bonds. The number of halogens is 1. The molecule has 0 radical (unpaired) electrons. The minimum atomic E-state index is 0. The number of carbonyl (C=O) groups excluding carboxylic acids is 1. The number of aryl methyl sites for hydroxylation is 1. The maximum Gasteiger partial charge on any atom is 0.285 e. The van der Waals surface area contributed by atoms with Crippen LogP contribution in [0.2, 0.25) is 0 Å². The summed E-state index contributed by atoms with van der Waals surface area (Å²) in [5, 5.41) is 0. The lowest BCUT2D eigenvalue weighted by Gasteiger charge is -2.22. The van der Waals surface area contributed by atoms with E-state index in [0.717, 1.165) is 12.2 Å². The first kappa shape index (κ1) is 18.8. The van der Waals surface area contributed by atoms with Gasteiger partial charge in [-0.3, -0.25) is 9.69 Å². The monoisotopic (exact) mass is 362 g/mol. The van der Waals surface area contributed by atoms with Crippen LogP contribution in [0.4, 0.5) is 0 Å². The van der Waals surface area contributed by atoms with Crippen LogP contribution in [-0.2, 0) is 4.79 Å². The Morgan fingerprint density at radius 2 is 1.92 bits per heavy atom. The van der Waals surface area contributed by atoms with Crippen molar-refractivity contribution in [3.05, 3.63) is 54.2 Å². The number of hydrogen-bond acceptors (Lipinski definition) is 2. The van der Waals surface area contributed by atoms with Crippen molar-refractivity contribution in [3.63, 3.8) is 0 Å². The quantitative estimate of drug-likeness (QED) is 0.745. The van der Waals surface area contributed by atoms with Gasteiger partial charge < -0.3 is 12.4 Å². The van der Waals surface area contributed by atoms with Gasteiger partial charge in [-0.05, 0) is 31.0 Å². The van der Waals surface area contributed by atoms with Gasteiger partial charge in [0.2, 0.25) is 11.6 Å². The van der Waals surface area contributed by atoms with Crippen LogP contribution in [0, 0.1) is 12.8 Å². The van der Waals surface area contributed by atoms with E-state index in [1.54, 1.807) is 11.8 Å². The molecule has 1 aromatic carbocycles. The predicted molar refractivity (Wildman–Crippen MR) is 94.9 cm³/mol. The van der Waals surface area contributed by atoms with Crippen molar-refractivity contribution in [2.45, 2.75) is 26.3 Å². The molecule has 5 heteroatoms. The summed E-state index contributed by atoms with van der Waals surface area (Å²) in [5.74, 6) is 1.26. The van der Waals surface area contributed by atoms with Gasteiger partial charge in [-0.15, -0.1) is 0 Å². The highest BCUT2D eigenvalue weighted by Gasteiger charge is 2.39. The normalized spacial score (nSPS) is 17.2. The molecular formula is C19H23ClN2OS. The highest BCUT2D eigenvalue weighted by molar-refractivity contribution is 8.00. The minimum Gasteiger partial charge on any atom is -1.00 e. The van der Waals surface area contributed by atoms with Gasteiger partial charge in [-0.1, -0.05) is 43.3 Å². The fourth-order valence-corrected chi connectivity index (χ4v) is 4.06. The number of pyridine rings is 1. The van der Waals surface area contributed by atoms with Gasteiger partial charge in [-0.25, -0.2) is 0 Å². The topological polar surface area (TPSA) is 24.2 Å². The van der Waals surface area contributed by atoms with Crippen molar-refractivity contribution < 1.29 is 21.8 Å². The number of thioether (sulfide) groups is 1. The first-order chi connectivity index (χ1) is 11.1. The van der Waals surface area contributed by atoms with E-state index in [1.807, 2.05) is 11.0 Å². The Balaban J connectivity index is 0.00000208. The van der Waals surface area contributed by atoms with Crippen LogP contribution < -0.4 is 17.0 Å². The molecule has 24 heavy (non-hydrogen) atoms. The van der Waals surface area contributed by atoms with E-state index in [4.69, 9.17) is 0 Å². The van der Waals surface area contributed by atoms with Gasteiger partial charge >= 0.3 is 0 Å². The van der Waals surface area contributed by atoms with Crippen LogP contribution in [0.15, 0.2) is 48.7 Å². The van der Waals surface area contributed by atoms with Crippen molar-refractivity contribution in [3.8, 4) is 11.3 Å². The number of nitrogens with zero attached hydrogens (tertiary/aromatic N) is 2. The summed E-state index contributed by atoms with van der Waals surface area (Å²) in [6.45, 7) is 7.21. The standard InChI is InChI=1S/C19H23N2OS.ClH/c1-14(2)12-21-18(22)13-23-19(21)20-11-5-4-6-17(20)16-9-7-15(3)8-10-16;/h4-11,14,19H,12-13H2,1-3H3;1H/q+1;/p-1. The third kappa shape index (κ3) is 3.93. The maximum absolute atomic E-state index is 12.3. The molecule has 0 aliphatic carbocycles. The lowest BCUT2D eigenvalue weighted by atomic mass is 10.1. The van der Waals surface area contributed by atoms with E-state index >= 15 is 0 Å². The van der Waals surface area contributed by atoms with Gasteiger partial charge in [0.25, 0.3) is 5.50 Å². The molecule has 1 aliphatic rings. The molecule has 1 unspecified atom stereocenters. The van der Waals surface area contributed by atoms with Crippen molar-refractivity contribution in [1.29, 1.82) is 0 Å². The summed E-state index contributed by atoms with van der Waals surface area (Å²) in [6, 6.07) is 14.8. The Hall–Kier alpha value is -1.52. The van der Waals surface area contributed by atoms with Crippen LogP contribution in [0.25, 0.3) is 11.3 Å². The van der Waals surface area contributed by atoms with Crippen molar-refractivity contribution >= 4 is 17.7 Å². The molecule has 1 fully saturated rings. The third-order valence-electron chi connectivity index (χ3n) is 3.98. The van der Waals surface area contributed by atoms with Crippen molar-refractivity contribution in [2.24, 2.45) is 5.92 Å². The molecule has 3 rings (SSSR count). The fraction of sp³-hybridized carbons (Fsp3) is 0.368. The van der Waals surface area contributed by atoms with Crippen LogP contribution in [0.3, 0.4) is 0 Å². The maximum atomic E-state index is 12.3. The molecule has 1 atom stereocenters. The summed E-state index contributed by atoms with van der Waals surface area (Å²) in [5.41, 5.74) is 3.62. The van der Waals surface area contributed by atoms with Gasteiger partial charge in [0.05, 0.1) is 5.75 Å². The lowest BCUT2D eigenvalue weighted by Crippen LogP contribution is -3.00. The number of hydrogen-bond donors (Lipinski definition) is 0. The molecule has 1 aliphatic heterocycles. The molecule has 2 aromatic rings. The summed E-state index contributed by atoms with van der Waals surface area (Å²) in [6.07, 6.45) is 2.08. The zero-order valence-electron chi connectivity index (χ0n) is 14.3. The Bertz CT molecular complexity index is 703. The van der Waals surface area contributed by atoms with Gasteiger partial charge in [0.1, 0.15) is 0 Å². The van der Waals surface area contributed by atoms with E-state index in [-0.39, 0.29) is 23.8 Å². The van der Waals surface area contributed by atoms with E-state index in [0.29, 0.717) is 11.7 Å². The van der Waals surface area contributed by atoms with E-state index in [2.05, 4.69) is 67.9 Å². The molecule has 2 heterocycles. The van der Waals surface area contributed by atoms with Crippen LogP contribution in [0.5, 0.6) is 0 Å². The second-order valence-electron chi connectivity index (χ2n) is 6.44. The van der Waals surface area contributed by atoms with Gasteiger partial charge in [-0.2, -0.15) is 4.57 Å². The number of amides is 1. The number of carbonyl (C=O) groups is 1. The second-order valence-corrected chi connectivity index (χ2v) is 7.48. The molecule has 3 nitrogen and oxygen atoms in total. The van der Waals surface area contributed by atoms with Crippen LogP contribution in [-0.4, -0.2) is 23.1 Å². The molecule has 1 saturated heterocycles. The summed E-state index contributed by atoms with van der Waals surface area (Å²) in [7, 11) is 0. The predicted octanol–water partition coefficient (Wildman–Crippen LogP) is 0.641. The molecule has 0 N–H and O–H groups in total. The Morgan fingerprint density at radius 1 is 1.21 bits per heavy atom. The highest BCUT2D eigenvalue weighted by Crippen LogP contribution is 2.32. The summed E-state index contributed by atoms with van der Waals surface area (Å²) >= 11 is 1.70. The van der Waals surface area contributed by atoms with Crippen molar-refractivity contribution in [1.82, 2.24) is 4.90 Å². The molecule has 0 bridgehead atoms. The zero-order chi connectivity index (χ0) is 16.4. The molecule has 0 spiro atoms. The van der Waals surface area contributed by atoms with E-state index in [9.17, 15) is 4.79 Å². The Morgan fingerprint density at radius 3 is 2.58 bits per heavy atom. The first-order valence-electron chi connectivity index (χ1n) is 8.04. The smallest absolute Gasteiger partial charge is 0.285 e. The minimum absolute atomic E-state index is 0. The number of rotatable bonds is 4. The van der Waals surface area contributed by atoms with E-state index < -0.39 is 0 Å². The average Bonchev–Trinajstić information content (AvgIpc) is 2.88. The summed E-state index contributed by atoms with van der Waals surface area (Å²) in [4.78, 5) is 14.3. The zero-order valence-corrected chi connectivity index (χ0v) is 15.8. The van der Waals surface area contributed by atoms with E-state index in [1.165, 1.54) is 11.1 Å². The second kappa shape index (κ2) is 8.04. The van der Waals surface area contributed by atoms with Crippen LogP contribution >= 0.6 is 11.8 Å². The van der Waals surface area contributed by atoms with Gasteiger partial charge in [0, 0.05) is 24.2 Å². The molecular weight excluding hydrogens is 340 g/mol. The molecule has 128 valence electrons. The van der Waals surface area contributed by atoms with Gasteiger partial charge in [0.15, 0.2) is 6.20 Å². The average molecular weight is 363 g/mol. The number of aromatic nitrogens is 1. The van der Waals surface area contributed by atoms with Crippen LogP contribution in [0.1, 0.15) is 24.9 Å². The lowest BCUT2D eigenvalue weighted by molar-refractivity contribution is -0.705. The Labute approximate surface area is 154 Å². The third-order valence-corrected chi connectivity index (χ3v) is 5.17. The highest BCUT2D eigenvalue weighted by atomic mass is 35.5. The summed E-state index contributed by atoms with van der Waals surface area (Å²) < 4.78 is 2.22. The number of benzene rings is 1. The SMILES string of the molecule is Cc1ccc(-c2cccc[n+]2C2SCC(=O)N2CC(C)C)cc1.[Cl-]. The largest absolute Gasteiger partial charge is 1.00 e. The first-order valence-corrected chi connectivity index (χ1v) is 9.09. The molecule has 0 saturated carbocycles. The molecule has 1 aromatic heterocycles.